The van der Waals surface area contributed by atoms with E-state index in [9.17, 15) is 14.4 Å². The van der Waals surface area contributed by atoms with Crippen LogP contribution in [-0.4, -0.2) is 38.9 Å². The Labute approximate surface area is 203 Å². The Hall–Kier alpha value is -3.45. The summed E-state index contributed by atoms with van der Waals surface area (Å²) in [6.45, 7) is 4.68. The normalized spacial score (nSPS) is 12.9. The molecule has 7 nitrogen and oxygen atoms in total. The molecular formula is C26H27ClN4O3. The summed E-state index contributed by atoms with van der Waals surface area (Å²) in [6, 6.07) is 14.5. The molecule has 2 aromatic carbocycles. The number of rotatable bonds is 9. The second-order valence-corrected chi connectivity index (χ2v) is 8.87. The quantitative estimate of drug-likeness (QED) is 0.346. The maximum atomic E-state index is 12.5. The van der Waals surface area contributed by atoms with Crippen molar-refractivity contribution in [2.24, 2.45) is 0 Å². The zero-order chi connectivity index (χ0) is 24.2. The molecule has 0 unspecified atom stereocenters. The minimum atomic E-state index is -0.238. The molecule has 2 heterocycles. The lowest BCUT2D eigenvalue weighted by atomic mass is 10.1. The molecule has 0 atom stereocenters. The van der Waals surface area contributed by atoms with Gasteiger partial charge in [0.1, 0.15) is 0 Å². The number of nitrogens with one attached hydrogen (secondary N) is 1. The lowest BCUT2D eigenvalue weighted by Gasteiger charge is -2.13. The van der Waals surface area contributed by atoms with Crippen LogP contribution in [0.1, 0.15) is 63.4 Å². The highest BCUT2D eigenvalue weighted by molar-refractivity contribution is 6.31. The number of imide groups is 1. The smallest absolute Gasteiger partial charge is 0.261 e. The van der Waals surface area contributed by atoms with Gasteiger partial charge in [-0.1, -0.05) is 48.4 Å². The summed E-state index contributed by atoms with van der Waals surface area (Å²) in [6.07, 6.45) is 2.43. The second-order valence-electron chi connectivity index (χ2n) is 8.46. The van der Waals surface area contributed by atoms with E-state index in [4.69, 9.17) is 11.6 Å². The molecule has 3 amide bonds. The first kappa shape index (κ1) is 23.7. The standard InChI is InChI=1S/C26H27ClN4O3/c1-17-24(18(2)31(29-17)16-19-10-5-8-13-22(19)27)28-23(32)14-4-3-9-15-30-25(33)20-11-6-7-12-21(20)26(30)34/h5-8,10-13H,3-4,9,14-16H2,1-2H3,(H,28,32). The highest BCUT2D eigenvalue weighted by atomic mass is 35.5. The molecule has 0 radical (unpaired) electrons. The zero-order valence-electron chi connectivity index (χ0n) is 19.3. The number of halogens is 1. The monoisotopic (exact) mass is 478 g/mol. The Morgan fingerprint density at radius 2 is 1.59 bits per heavy atom. The summed E-state index contributed by atoms with van der Waals surface area (Å²) in [4.78, 5) is 38.6. The number of fused-ring (bicyclic) bond motifs is 1. The second kappa shape index (κ2) is 10.2. The van der Waals surface area contributed by atoms with Gasteiger partial charge >= 0.3 is 0 Å². The molecule has 1 N–H and O–H groups in total. The van der Waals surface area contributed by atoms with Gasteiger partial charge < -0.3 is 5.32 Å². The molecule has 34 heavy (non-hydrogen) atoms. The lowest BCUT2D eigenvalue weighted by molar-refractivity contribution is -0.116. The van der Waals surface area contributed by atoms with Crippen molar-refractivity contribution in [1.82, 2.24) is 14.7 Å². The van der Waals surface area contributed by atoms with Gasteiger partial charge in [0.15, 0.2) is 0 Å². The van der Waals surface area contributed by atoms with Crippen molar-refractivity contribution in [3.05, 3.63) is 81.6 Å². The molecule has 176 valence electrons. The van der Waals surface area contributed by atoms with Gasteiger partial charge in [0.05, 0.1) is 34.7 Å². The Bertz CT molecular complexity index is 1220. The van der Waals surface area contributed by atoms with E-state index >= 15 is 0 Å². The van der Waals surface area contributed by atoms with Crippen LogP contribution in [0.25, 0.3) is 0 Å². The molecule has 4 rings (SSSR count). The maximum absolute atomic E-state index is 12.5. The summed E-state index contributed by atoms with van der Waals surface area (Å²) in [5, 5.41) is 8.22. The number of aromatic nitrogens is 2. The van der Waals surface area contributed by atoms with Crippen LogP contribution < -0.4 is 5.32 Å². The molecule has 0 saturated heterocycles. The van der Waals surface area contributed by atoms with Gasteiger partial charge in [0.25, 0.3) is 11.8 Å². The summed E-state index contributed by atoms with van der Waals surface area (Å²) < 4.78 is 1.84. The number of benzene rings is 2. The van der Waals surface area contributed by atoms with Crippen LogP contribution in [0.5, 0.6) is 0 Å². The fourth-order valence-electron chi connectivity index (χ4n) is 4.20. The molecule has 0 saturated carbocycles. The van der Waals surface area contributed by atoms with Crippen LogP contribution in [0.2, 0.25) is 5.02 Å². The fraction of sp³-hybridized carbons (Fsp3) is 0.308. The van der Waals surface area contributed by atoms with Crippen molar-refractivity contribution in [2.75, 3.05) is 11.9 Å². The van der Waals surface area contributed by atoms with E-state index in [0.717, 1.165) is 29.1 Å². The SMILES string of the molecule is Cc1nn(Cc2ccccc2Cl)c(C)c1NC(=O)CCCCCN1C(=O)c2ccccc2C1=O. The molecule has 3 aromatic rings. The molecule has 8 heteroatoms. The molecule has 0 spiro atoms. The molecule has 1 aromatic heterocycles. The molecule has 1 aliphatic rings. The highest BCUT2D eigenvalue weighted by Gasteiger charge is 2.34. The number of amides is 3. The predicted molar refractivity (Wildman–Crippen MR) is 131 cm³/mol. The summed E-state index contributed by atoms with van der Waals surface area (Å²) in [7, 11) is 0. The Kier molecular flexibility index (Phi) is 7.12. The van der Waals surface area contributed by atoms with Gasteiger partial charge in [0.2, 0.25) is 5.91 Å². The average Bonchev–Trinajstić information content (AvgIpc) is 3.22. The van der Waals surface area contributed by atoms with E-state index < -0.39 is 0 Å². The molecule has 0 aliphatic carbocycles. The van der Waals surface area contributed by atoms with Crippen molar-refractivity contribution in [1.29, 1.82) is 0 Å². The van der Waals surface area contributed by atoms with Crippen LogP contribution in [0.3, 0.4) is 0 Å². The van der Waals surface area contributed by atoms with Gasteiger partial charge in [-0.2, -0.15) is 5.10 Å². The van der Waals surface area contributed by atoms with Crippen LogP contribution in [-0.2, 0) is 11.3 Å². The highest BCUT2D eigenvalue weighted by Crippen LogP contribution is 2.24. The van der Waals surface area contributed by atoms with Gasteiger partial charge in [0, 0.05) is 18.0 Å². The number of anilines is 1. The summed E-state index contributed by atoms with van der Waals surface area (Å²) >= 11 is 6.27. The number of nitrogens with zero attached hydrogens (tertiary/aromatic N) is 3. The van der Waals surface area contributed by atoms with E-state index in [1.165, 1.54) is 4.90 Å². The van der Waals surface area contributed by atoms with Crippen molar-refractivity contribution in [3.63, 3.8) is 0 Å². The van der Waals surface area contributed by atoms with Crippen LogP contribution >= 0.6 is 11.6 Å². The van der Waals surface area contributed by atoms with E-state index in [0.29, 0.717) is 48.5 Å². The van der Waals surface area contributed by atoms with Crippen molar-refractivity contribution in [3.8, 4) is 0 Å². The third-order valence-electron chi connectivity index (χ3n) is 6.09. The van der Waals surface area contributed by atoms with E-state index in [1.54, 1.807) is 24.3 Å². The Balaban J connectivity index is 1.24. The lowest BCUT2D eigenvalue weighted by Crippen LogP contribution is -2.30. The van der Waals surface area contributed by atoms with Crippen molar-refractivity contribution >= 4 is 35.0 Å². The first-order valence-corrected chi connectivity index (χ1v) is 11.8. The zero-order valence-corrected chi connectivity index (χ0v) is 20.1. The van der Waals surface area contributed by atoms with Gasteiger partial charge in [-0.3, -0.25) is 24.0 Å². The summed E-state index contributed by atoms with van der Waals surface area (Å²) in [5.41, 5.74) is 4.24. The number of aryl methyl sites for hydroxylation is 1. The maximum Gasteiger partial charge on any atom is 0.261 e. The topological polar surface area (TPSA) is 84.3 Å². The minimum absolute atomic E-state index is 0.0794. The number of carbonyl (C=O) groups excluding carboxylic acids is 3. The van der Waals surface area contributed by atoms with E-state index in [2.05, 4.69) is 10.4 Å². The van der Waals surface area contributed by atoms with Crippen LogP contribution in [0, 0.1) is 13.8 Å². The Morgan fingerprint density at radius 1 is 0.941 bits per heavy atom. The number of hydrogen-bond acceptors (Lipinski definition) is 4. The Morgan fingerprint density at radius 3 is 2.26 bits per heavy atom. The molecule has 0 fully saturated rings. The summed E-state index contributed by atoms with van der Waals surface area (Å²) in [5.74, 6) is -0.555. The van der Waals surface area contributed by atoms with Gasteiger partial charge in [-0.15, -0.1) is 0 Å². The number of unbranched alkanes of at least 4 members (excludes halogenated alkanes) is 2. The van der Waals surface area contributed by atoms with Crippen LogP contribution in [0.4, 0.5) is 5.69 Å². The number of hydrogen-bond donors (Lipinski definition) is 1. The first-order chi connectivity index (χ1) is 16.4. The predicted octanol–water partition coefficient (Wildman–Crippen LogP) is 5.00. The molecule has 0 bridgehead atoms. The minimum Gasteiger partial charge on any atom is -0.323 e. The van der Waals surface area contributed by atoms with Crippen LogP contribution in [0.15, 0.2) is 48.5 Å². The third-order valence-corrected chi connectivity index (χ3v) is 6.46. The third kappa shape index (κ3) is 4.89. The fourth-order valence-corrected chi connectivity index (χ4v) is 4.39. The van der Waals surface area contributed by atoms with Gasteiger partial charge in [-0.25, -0.2) is 0 Å². The van der Waals surface area contributed by atoms with Crippen molar-refractivity contribution in [2.45, 2.75) is 46.1 Å². The van der Waals surface area contributed by atoms with Crippen molar-refractivity contribution < 1.29 is 14.4 Å². The van der Waals surface area contributed by atoms with E-state index in [1.807, 2.05) is 42.8 Å². The molecule has 1 aliphatic heterocycles. The number of carbonyl (C=O) groups is 3. The average molecular weight is 479 g/mol. The largest absolute Gasteiger partial charge is 0.323 e. The first-order valence-electron chi connectivity index (χ1n) is 11.4. The molecular weight excluding hydrogens is 452 g/mol. The van der Waals surface area contributed by atoms with Gasteiger partial charge in [-0.05, 0) is 50.5 Å². The van der Waals surface area contributed by atoms with E-state index in [-0.39, 0.29) is 17.7 Å².